The molecule has 66 valence electrons. The van der Waals surface area contributed by atoms with E-state index in [1.807, 2.05) is 30.0 Å². The maximum absolute atomic E-state index is 9.40. The lowest BCUT2D eigenvalue weighted by Crippen LogP contribution is -1.82. The molecule has 0 amide bonds. The quantitative estimate of drug-likeness (QED) is 0.722. The van der Waals surface area contributed by atoms with Crippen molar-refractivity contribution < 1.29 is 5.11 Å². The molecule has 0 bridgehead atoms. The largest absolute Gasteiger partial charge is 0.508 e. The number of hydrogen-bond acceptors (Lipinski definition) is 2. The van der Waals surface area contributed by atoms with E-state index in [0.29, 0.717) is 5.75 Å². The van der Waals surface area contributed by atoms with Gasteiger partial charge in [0.1, 0.15) is 5.75 Å². The molecule has 1 nitrogen and oxygen atoms in total. The molecule has 0 fully saturated rings. The maximum atomic E-state index is 9.40. The Morgan fingerprint density at radius 1 is 1.33 bits per heavy atom. The summed E-state index contributed by atoms with van der Waals surface area (Å²) < 4.78 is 0. The Bertz CT molecular complexity index is 235. The molecule has 1 aromatic carbocycles. The lowest BCUT2D eigenvalue weighted by Gasteiger charge is -2.02. The van der Waals surface area contributed by atoms with Crippen LogP contribution in [-0.2, 0) is 5.75 Å². The maximum Gasteiger partial charge on any atom is 0.119 e. The third kappa shape index (κ3) is 2.78. The van der Waals surface area contributed by atoms with Gasteiger partial charge in [-0.25, -0.2) is 0 Å². The van der Waals surface area contributed by atoms with Crippen LogP contribution in [-0.4, -0.2) is 10.9 Å². The molecule has 0 unspecified atom stereocenters. The van der Waals surface area contributed by atoms with Crippen molar-refractivity contribution in [2.24, 2.45) is 0 Å². The standard InChI is InChI=1S/C10H14OS/c1-2-7-12-8-9-5-3-4-6-10(9)11/h3-6,11H,2,7-8H2,1H3. The van der Waals surface area contributed by atoms with Crippen molar-refractivity contribution in [3.63, 3.8) is 0 Å². The summed E-state index contributed by atoms with van der Waals surface area (Å²) in [5, 5.41) is 9.40. The number of thioether (sulfide) groups is 1. The molecular formula is C10H14OS. The van der Waals surface area contributed by atoms with Gasteiger partial charge < -0.3 is 5.11 Å². The van der Waals surface area contributed by atoms with E-state index in [0.717, 1.165) is 17.1 Å². The first-order valence-corrected chi connectivity index (χ1v) is 5.34. The van der Waals surface area contributed by atoms with Gasteiger partial charge in [-0.05, 0) is 18.2 Å². The first-order valence-electron chi connectivity index (χ1n) is 4.19. The average molecular weight is 182 g/mol. The number of hydrogen-bond donors (Lipinski definition) is 1. The minimum Gasteiger partial charge on any atom is -0.508 e. The van der Waals surface area contributed by atoms with Crippen LogP contribution in [0.2, 0.25) is 0 Å². The Labute approximate surface area is 77.8 Å². The second-order valence-corrected chi connectivity index (χ2v) is 3.79. The predicted octanol–water partition coefficient (Wildman–Crippen LogP) is 3.04. The molecule has 1 rings (SSSR count). The topological polar surface area (TPSA) is 20.2 Å². The molecule has 1 aromatic rings. The van der Waals surface area contributed by atoms with Crippen molar-refractivity contribution in [3.8, 4) is 5.75 Å². The Morgan fingerprint density at radius 2 is 2.08 bits per heavy atom. The molecule has 1 N–H and O–H groups in total. The van der Waals surface area contributed by atoms with Gasteiger partial charge in [0.15, 0.2) is 0 Å². The van der Waals surface area contributed by atoms with Gasteiger partial charge in [-0.15, -0.1) is 0 Å². The summed E-state index contributed by atoms with van der Waals surface area (Å²) in [6.07, 6.45) is 1.19. The minimum atomic E-state index is 0.418. The first-order chi connectivity index (χ1) is 5.84. The molecule has 0 atom stereocenters. The lowest BCUT2D eigenvalue weighted by molar-refractivity contribution is 0.470. The van der Waals surface area contributed by atoms with Gasteiger partial charge in [0, 0.05) is 11.3 Å². The van der Waals surface area contributed by atoms with E-state index in [1.54, 1.807) is 6.07 Å². The van der Waals surface area contributed by atoms with Crippen molar-refractivity contribution in [1.29, 1.82) is 0 Å². The summed E-state index contributed by atoms with van der Waals surface area (Å²) in [5.74, 6) is 2.50. The fourth-order valence-electron chi connectivity index (χ4n) is 0.959. The highest BCUT2D eigenvalue weighted by Gasteiger charge is 1.97. The number of aromatic hydroxyl groups is 1. The van der Waals surface area contributed by atoms with Crippen LogP contribution in [0.5, 0.6) is 5.75 Å². The van der Waals surface area contributed by atoms with E-state index in [-0.39, 0.29) is 0 Å². The SMILES string of the molecule is CCCSCc1ccccc1O. The van der Waals surface area contributed by atoms with Gasteiger partial charge in [0.05, 0.1) is 0 Å². The molecular weight excluding hydrogens is 168 g/mol. The van der Waals surface area contributed by atoms with Crippen LogP contribution in [0.3, 0.4) is 0 Å². The summed E-state index contributed by atoms with van der Waals surface area (Å²) in [7, 11) is 0. The summed E-state index contributed by atoms with van der Waals surface area (Å²) >= 11 is 1.86. The van der Waals surface area contributed by atoms with Gasteiger partial charge in [0.25, 0.3) is 0 Å². The highest BCUT2D eigenvalue weighted by atomic mass is 32.2. The zero-order valence-electron chi connectivity index (χ0n) is 7.29. The molecule has 0 saturated heterocycles. The van der Waals surface area contributed by atoms with Gasteiger partial charge in [-0.2, -0.15) is 11.8 Å². The number of benzene rings is 1. The molecule has 0 spiro atoms. The predicted molar refractivity (Wildman–Crippen MR) is 54.6 cm³/mol. The van der Waals surface area contributed by atoms with Crippen molar-refractivity contribution in [2.75, 3.05) is 5.75 Å². The van der Waals surface area contributed by atoms with E-state index >= 15 is 0 Å². The fourth-order valence-corrected chi connectivity index (χ4v) is 1.86. The highest BCUT2D eigenvalue weighted by Crippen LogP contribution is 2.21. The smallest absolute Gasteiger partial charge is 0.119 e. The van der Waals surface area contributed by atoms with Crippen molar-refractivity contribution in [3.05, 3.63) is 29.8 Å². The highest BCUT2D eigenvalue weighted by molar-refractivity contribution is 7.98. The summed E-state index contributed by atoms with van der Waals surface area (Å²) in [6, 6.07) is 7.52. The fraction of sp³-hybridized carbons (Fsp3) is 0.400. The average Bonchev–Trinajstić information content (AvgIpc) is 2.09. The van der Waals surface area contributed by atoms with Gasteiger partial charge >= 0.3 is 0 Å². The van der Waals surface area contributed by atoms with Crippen molar-refractivity contribution in [1.82, 2.24) is 0 Å². The Hall–Kier alpha value is -0.630. The second kappa shape index (κ2) is 5.09. The normalized spacial score (nSPS) is 10.1. The minimum absolute atomic E-state index is 0.418. The van der Waals surface area contributed by atoms with E-state index < -0.39 is 0 Å². The summed E-state index contributed by atoms with van der Waals surface area (Å²) in [4.78, 5) is 0. The van der Waals surface area contributed by atoms with E-state index in [2.05, 4.69) is 6.92 Å². The number of para-hydroxylation sites is 1. The number of phenolic OH excluding ortho intramolecular Hbond substituents is 1. The van der Waals surface area contributed by atoms with Crippen LogP contribution in [0, 0.1) is 0 Å². The zero-order valence-corrected chi connectivity index (χ0v) is 8.10. The second-order valence-electron chi connectivity index (χ2n) is 2.68. The number of phenols is 1. The van der Waals surface area contributed by atoms with Crippen LogP contribution in [0.4, 0.5) is 0 Å². The molecule has 12 heavy (non-hydrogen) atoms. The van der Waals surface area contributed by atoms with E-state index in [1.165, 1.54) is 6.42 Å². The van der Waals surface area contributed by atoms with Gasteiger partial charge in [0.2, 0.25) is 0 Å². The van der Waals surface area contributed by atoms with Crippen LogP contribution in [0.15, 0.2) is 24.3 Å². The first kappa shape index (κ1) is 9.46. The molecule has 2 heteroatoms. The van der Waals surface area contributed by atoms with Gasteiger partial charge in [-0.3, -0.25) is 0 Å². The molecule has 0 radical (unpaired) electrons. The third-order valence-electron chi connectivity index (χ3n) is 1.60. The molecule has 0 aliphatic rings. The molecule has 0 heterocycles. The van der Waals surface area contributed by atoms with Crippen molar-refractivity contribution >= 4 is 11.8 Å². The van der Waals surface area contributed by atoms with Crippen LogP contribution in [0.25, 0.3) is 0 Å². The molecule has 0 aliphatic carbocycles. The third-order valence-corrected chi connectivity index (χ3v) is 2.81. The Morgan fingerprint density at radius 3 is 2.75 bits per heavy atom. The Balaban J connectivity index is 2.46. The van der Waals surface area contributed by atoms with E-state index in [4.69, 9.17) is 0 Å². The van der Waals surface area contributed by atoms with Gasteiger partial charge in [-0.1, -0.05) is 25.1 Å². The lowest BCUT2D eigenvalue weighted by atomic mass is 10.2. The molecule has 0 aromatic heterocycles. The molecule has 0 aliphatic heterocycles. The van der Waals surface area contributed by atoms with Crippen LogP contribution in [0.1, 0.15) is 18.9 Å². The summed E-state index contributed by atoms with van der Waals surface area (Å²) in [5.41, 5.74) is 1.04. The van der Waals surface area contributed by atoms with Crippen molar-refractivity contribution in [2.45, 2.75) is 19.1 Å². The van der Waals surface area contributed by atoms with Crippen LogP contribution < -0.4 is 0 Å². The monoisotopic (exact) mass is 182 g/mol. The van der Waals surface area contributed by atoms with E-state index in [9.17, 15) is 5.11 Å². The number of rotatable bonds is 4. The zero-order chi connectivity index (χ0) is 8.81. The van der Waals surface area contributed by atoms with Crippen LogP contribution >= 0.6 is 11.8 Å². The molecule has 0 saturated carbocycles. The Kier molecular flexibility index (Phi) is 4.01. The summed E-state index contributed by atoms with van der Waals surface area (Å²) in [6.45, 7) is 2.16.